The van der Waals surface area contributed by atoms with E-state index in [0.29, 0.717) is 11.8 Å². The first-order valence-corrected chi connectivity index (χ1v) is 4.27. The zero-order valence-corrected chi connectivity index (χ0v) is 6.07. The zero-order valence-electron chi connectivity index (χ0n) is 4.44. The molecule has 0 saturated carbocycles. The van der Waals surface area contributed by atoms with E-state index in [1.165, 1.54) is 11.8 Å². The number of hydrogen-bond acceptors (Lipinski definition) is 4. The third-order valence-electron chi connectivity index (χ3n) is 0.700. The summed E-state index contributed by atoms with van der Waals surface area (Å²) in [7, 11) is 0. The lowest BCUT2D eigenvalue weighted by atomic mass is 10.8. The second kappa shape index (κ2) is 3.19. The monoisotopic (exact) mass is 167 g/mol. The molecule has 1 atom stereocenters. The summed E-state index contributed by atoms with van der Waals surface area (Å²) < 4.78 is 22.5. The van der Waals surface area contributed by atoms with E-state index in [1.807, 2.05) is 0 Å². The van der Waals surface area contributed by atoms with Gasteiger partial charge in [-0.25, -0.2) is 4.99 Å². The van der Waals surface area contributed by atoms with Gasteiger partial charge < -0.3 is 4.18 Å². The zero-order chi connectivity index (χ0) is 6.69. The molecule has 0 radical (unpaired) electrons. The van der Waals surface area contributed by atoms with Crippen LogP contribution in [0.25, 0.3) is 0 Å². The lowest BCUT2D eigenvalue weighted by Crippen LogP contribution is -1.99. The summed E-state index contributed by atoms with van der Waals surface area (Å²) in [6.45, 7) is 0.678. The van der Waals surface area contributed by atoms with Crippen molar-refractivity contribution in [3.63, 3.8) is 0 Å². The van der Waals surface area contributed by atoms with Gasteiger partial charge in [0.25, 0.3) is 5.23 Å². The van der Waals surface area contributed by atoms with E-state index in [0.717, 1.165) is 5.75 Å². The molecule has 1 unspecified atom stereocenters. The van der Waals surface area contributed by atoms with E-state index in [1.54, 1.807) is 0 Å². The fourth-order valence-electron chi connectivity index (χ4n) is 0.427. The van der Waals surface area contributed by atoms with Gasteiger partial charge in [-0.2, -0.15) is 4.21 Å². The molecule has 1 heterocycles. The van der Waals surface area contributed by atoms with Crippen LogP contribution in [0.1, 0.15) is 0 Å². The second-order valence-electron chi connectivity index (χ2n) is 1.30. The third-order valence-corrected chi connectivity index (χ3v) is 1.95. The van der Waals surface area contributed by atoms with Crippen LogP contribution in [0, 0.1) is 0 Å². The van der Waals surface area contributed by atoms with Gasteiger partial charge in [-0.1, -0.05) is 11.8 Å². The molecule has 6 heteroatoms. The van der Waals surface area contributed by atoms with Gasteiger partial charge >= 0.3 is 11.4 Å². The summed E-state index contributed by atoms with van der Waals surface area (Å²) in [5.74, 6) is 0.840. The normalized spacial score (nSPS) is 21.2. The van der Waals surface area contributed by atoms with Crippen molar-refractivity contribution in [3.8, 4) is 0 Å². The molecule has 0 bridgehead atoms. The molecule has 0 saturated heterocycles. The second-order valence-corrected chi connectivity index (χ2v) is 2.94. The van der Waals surface area contributed by atoms with Crippen LogP contribution >= 0.6 is 11.8 Å². The first kappa shape index (κ1) is 7.04. The lowest BCUT2D eigenvalue weighted by molar-refractivity contribution is 0.459. The molecule has 0 amide bonds. The molecular weight excluding hydrogens is 162 g/mol. The van der Waals surface area contributed by atoms with Gasteiger partial charge in [-0.3, -0.25) is 4.55 Å². The number of aliphatic imine (C=N–C) groups is 1. The van der Waals surface area contributed by atoms with Crippen LogP contribution in [-0.4, -0.2) is 26.3 Å². The van der Waals surface area contributed by atoms with Crippen LogP contribution in [0.5, 0.6) is 0 Å². The molecule has 0 aliphatic carbocycles. The first-order chi connectivity index (χ1) is 4.29. The van der Waals surface area contributed by atoms with Gasteiger partial charge in [0, 0.05) is 5.75 Å². The van der Waals surface area contributed by atoms with E-state index in [-0.39, 0.29) is 0 Å². The first-order valence-electron chi connectivity index (χ1n) is 2.25. The van der Waals surface area contributed by atoms with E-state index in [4.69, 9.17) is 4.55 Å². The summed E-state index contributed by atoms with van der Waals surface area (Å²) in [5.41, 5.74) is 0. The highest BCUT2D eigenvalue weighted by atomic mass is 32.2. The van der Waals surface area contributed by atoms with Gasteiger partial charge in [0.1, 0.15) is 0 Å². The summed E-state index contributed by atoms with van der Waals surface area (Å²) >= 11 is -0.862. The van der Waals surface area contributed by atoms with Gasteiger partial charge in [-0.15, -0.1) is 0 Å². The highest BCUT2D eigenvalue weighted by molar-refractivity contribution is 8.14. The number of thioether (sulfide) groups is 1. The highest BCUT2D eigenvalue weighted by Gasteiger charge is 2.09. The minimum absolute atomic E-state index is 0.316. The van der Waals surface area contributed by atoms with E-state index >= 15 is 0 Å². The molecule has 0 spiro atoms. The molecule has 1 aliphatic heterocycles. The highest BCUT2D eigenvalue weighted by Crippen LogP contribution is 2.12. The van der Waals surface area contributed by atoms with Crippen molar-refractivity contribution in [1.29, 1.82) is 0 Å². The van der Waals surface area contributed by atoms with Crippen molar-refractivity contribution in [1.82, 2.24) is 0 Å². The standard InChI is InChI=1S/C3H5NO3S2/c5-9(6)7-3-4-1-2-8-3/h1-2H2,(H,5,6). The Labute approximate surface area is 59.2 Å². The van der Waals surface area contributed by atoms with E-state index in [9.17, 15) is 4.21 Å². The number of hydrogen-bond donors (Lipinski definition) is 1. The summed E-state index contributed by atoms with van der Waals surface area (Å²) in [6.07, 6.45) is 0. The molecule has 52 valence electrons. The van der Waals surface area contributed by atoms with Gasteiger partial charge in [0.15, 0.2) is 0 Å². The lowest BCUT2D eigenvalue weighted by Gasteiger charge is -1.93. The maximum Gasteiger partial charge on any atom is 0.359 e. The van der Waals surface area contributed by atoms with E-state index in [2.05, 4.69) is 9.18 Å². The third kappa shape index (κ3) is 2.33. The van der Waals surface area contributed by atoms with Gasteiger partial charge in [0.05, 0.1) is 6.54 Å². The van der Waals surface area contributed by atoms with Crippen molar-refractivity contribution >= 4 is 28.4 Å². The Morgan fingerprint density at radius 3 is 3.11 bits per heavy atom. The summed E-state index contributed by atoms with van der Waals surface area (Å²) in [4.78, 5) is 3.78. The molecule has 0 aromatic carbocycles. The SMILES string of the molecule is O=S(O)OC1=NCCS1. The molecule has 0 fully saturated rings. The van der Waals surface area contributed by atoms with Gasteiger partial charge in [0.2, 0.25) is 0 Å². The molecule has 1 rings (SSSR count). The van der Waals surface area contributed by atoms with E-state index < -0.39 is 11.4 Å². The van der Waals surface area contributed by atoms with Crippen molar-refractivity contribution < 1.29 is 12.9 Å². The van der Waals surface area contributed by atoms with Crippen LogP contribution in [0.2, 0.25) is 0 Å². The quantitative estimate of drug-likeness (QED) is 0.568. The van der Waals surface area contributed by atoms with Crippen LogP contribution in [0.15, 0.2) is 4.99 Å². The Morgan fingerprint density at radius 2 is 2.67 bits per heavy atom. The predicted octanol–water partition coefficient (Wildman–Crippen LogP) is 0.242. The molecule has 9 heavy (non-hydrogen) atoms. The molecule has 1 N–H and O–H groups in total. The maximum atomic E-state index is 9.95. The minimum atomic E-state index is -2.21. The Kier molecular flexibility index (Phi) is 2.49. The van der Waals surface area contributed by atoms with Gasteiger partial charge in [-0.05, 0) is 0 Å². The average molecular weight is 167 g/mol. The Morgan fingerprint density at radius 1 is 1.89 bits per heavy atom. The molecule has 0 aromatic heterocycles. The van der Waals surface area contributed by atoms with Crippen LogP contribution in [0.4, 0.5) is 0 Å². The van der Waals surface area contributed by atoms with Crippen molar-refractivity contribution in [2.45, 2.75) is 0 Å². The fourth-order valence-corrected chi connectivity index (χ4v) is 1.51. The Bertz CT molecular complexity index is 157. The number of nitrogens with zero attached hydrogens (tertiary/aromatic N) is 1. The van der Waals surface area contributed by atoms with Crippen LogP contribution in [0.3, 0.4) is 0 Å². The average Bonchev–Trinajstić information content (AvgIpc) is 2.15. The largest absolute Gasteiger partial charge is 0.359 e. The maximum absolute atomic E-state index is 9.95. The fraction of sp³-hybridized carbons (Fsp3) is 0.667. The topological polar surface area (TPSA) is 58.9 Å². The van der Waals surface area contributed by atoms with Crippen LogP contribution < -0.4 is 0 Å². The van der Waals surface area contributed by atoms with Crippen molar-refractivity contribution in [2.24, 2.45) is 4.99 Å². The Hall–Kier alpha value is -0.0700. The predicted molar refractivity (Wildman–Crippen MR) is 36.6 cm³/mol. The Balaban J connectivity index is 2.35. The van der Waals surface area contributed by atoms with Crippen LogP contribution in [-0.2, 0) is 15.5 Å². The van der Waals surface area contributed by atoms with Crippen molar-refractivity contribution in [3.05, 3.63) is 0 Å². The van der Waals surface area contributed by atoms with Crippen molar-refractivity contribution in [2.75, 3.05) is 12.3 Å². The molecular formula is C3H5NO3S2. The molecule has 1 aliphatic rings. The minimum Gasteiger partial charge on any atom is -0.353 e. The molecule has 0 aromatic rings. The summed E-state index contributed by atoms with van der Waals surface area (Å²) in [5, 5.41) is 0.316. The number of rotatable bonds is 1. The smallest absolute Gasteiger partial charge is 0.353 e. The molecule has 4 nitrogen and oxygen atoms in total. The summed E-state index contributed by atoms with van der Waals surface area (Å²) in [6, 6.07) is 0.